The zero-order valence-corrected chi connectivity index (χ0v) is 5.48. The molecule has 0 aromatic rings. The molecule has 0 bridgehead atoms. The van der Waals surface area contributed by atoms with E-state index in [4.69, 9.17) is 0 Å². The van der Waals surface area contributed by atoms with Gasteiger partial charge in [-0.15, -0.1) is 0 Å². The Morgan fingerprint density at radius 1 is 0.750 bits per heavy atom. The molecule has 3 radical (unpaired) electrons. The largest absolute Gasteiger partial charge is 2.00 e. The third-order valence-corrected chi connectivity index (χ3v) is 0. The van der Waals surface area contributed by atoms with Gasteiger partial charge in [-0.1, -0.05) is 0 Å². The topological polar surface area (TPSA) is 0 Å². The first-order chi connectivity index (χ1) is 0. The van der Waals surface area contributed by atoms with Crippen LogP contribution in [0.15, 0.2) is 0 Å². The molecule has 4 heavy (non-hydrogen) atoms. The van der Waals surface area contributed by atoms with Gasteiger partial charge in [0, 0.05) is 9.90 Å². The fourth-order valence-corrected chi connectivity index (χ4v) is 0. The Bertz CT molecular complexity index is 6.00. The normalized spacial score (nSPS) is 0. The maximum Gasteiger partial charge on any atom is 2.00 e. The minimum absolute atomic E-state index is 0. The molecule has 0 saturated heterocycles. The average Bonchev–Trinajstić information content (AvgIpc) is 0. The summed E-state index contributed by atoms with van der Waals surface area (Å²) >= 11 is 0. The average molecular weight is 208 g/mol. The van der Waals surface area contributed by atoms with Crippen LogP contribution in [0.25, 0.3) is 0 Å². The maximum atomic E-state index is 0. The van der Waals surface area contributed by atoms with Crippen LogP contribution in [0, 0.1) is 0 Å². The van der Waals surface area contributed by atoms with Gasteiger partial charge in [0.25, 0.3) is 0 Å². The first-order valence-electron chi connectivity index (χ1n) is 0. The molecule has 0 N–H and O–H groups in total. The van der Waals surface area contributed by atoms with Crippen molar-refractivity contribution in [1.82, 2.24) is 0 Å². The van der Waals surface area contributed by atoms with Crippen molar-refractivity contribution in [2.45, 2.75) is 0 Å². The van der Waals surface area contributed by atoms with E-state index in [0.29, 0.717) is 0 Å². The summed E-state index contributed by atoms with van der Waals surface area (Å²) in [7, 11) is 0. The summed E-state index contributed by atoms with van der Waals surface area (Å²) in [6, 6.07) is 0. The van der Waals surface area contributed by atoms with Crippen LogP contribution in [-0.2, 0) is 20.4 Å². The van der Waals surface area contributed by atoms with Crippen molar-refractivity contribution in [3.8, 4) is 0 Å². The van der Waals surface area contributed by atoms with Crippen molar-refractivity contribution >= 4 is 9.90 Å². The molecule has 0 amide bonds. The maximum absolute atomic E-state index is 0. The standard InChI is InChI=1S/2ClH.P.Pd/h2*1H;;/q;;;+2/p-2. The molecule has 0 spiro atoms. The molecule has 0 nitrogen and oxygen atoms in total. The van der Waals surface area contributed by atoms with Crippen LogP contribution in [0.3, 0.4) is 0 Å². The molecule has 0 aromatic carbocycles. The summed E-state index contributed by atoms with van der Waals surface area (Å²) in [5, 5.41) is 0. The van der Waals surface area contributed by atoms with Gasteiger partial charge in [0.2, 0.25) is 0 Å². The summed E-state index contributed by atoms with van der Waals surface area (Å²) in [4.78, 5) is 0. The van der Waals surface area contributed by atoms with E-state index >= 15 is 0 Å². The monoisotopic (exact) mass is 207 g/mol. The van der Waals surface area contributed by atoms with Crippen LogP contribution in [0.2, 0.25) is 0 Å². The molecule has 0 aliphatic heterocycles. The van der Waals surface area contributed by atoms with Crippen molar-refractivity contribution in [3.05, 3.63) is 0 Å². The second-order valence-electron chi connectivity index (χ2n) is 0. The summed E-state index contributed by atoms with van der Waals surface area (Å²) in [6.45, 7) is 0. The molecule has 0 saturated carbocycles. The van der Waals surface area contributed by atoms with Gasteiger partial charge in [-0.3, -0.25) is 0 Å². The molecule has 0 aliphatic rings. The van der Waals surface area contributed by atoms with Crippen LogP contribution < -0.4 is 24.8 Å². The number of hydrogen-bond acceptors (Lipinski definition) is 0. The van der Waals surface area contributed by atoms with E-state index in [-0.39, 0.29) is 55.1 Å². The van der Waals surface area contributed by atoms with Crippen LogP contribution in [0.4, 0.5) is 0 Å². The predicted molar refractivity (Wildman–Crippen MR) is 6.92 cm³/mol. The van der Waals surface area contributed by atoms with Crippen molar-refractivity contribution in [2.24, 2.45) is 0 Å². The van der Waals surface area contributed by atoms with Gasteiger partial charge in [-0.2, -0.15) is 0 Å². The molecule has 4 heteroatoms. The van der Waals surface area contributed by atoms with E-state index in [2.05, 4.69) is 0 Å². The Morgan fingerprint density at radius 2 is 0.750 bits per heavy atom. The van der Waals surface area contributed by atoms with Crippen molar-refractivity contribution < 1.29 is 45.2 Å². The summed E-state index contributed by atoms with van der Waals surface area (Å²) in [5.74, 6) is 0. The van der Waals surface area contributed by atoms with E-state index in [1.807, 2.05) is 0 Å². The molecular weight excluding hydrogens is 208 g/mol. The van der Waals surface area contributed by atoms with Crippen LogP contribution >= 0.6 is 9.90 Å². The molecular formula is Cl2PPd. The second-order valence-corrected chi connectivity index (χ2v) is 0. The first kappa shape index (κ1) is 44.3. The van der Waals surface area contributed by atoms with Crippen molar-refractivity contribution in [3.63, 3.8) is 0 Å². The quantitative estimate of drug-likeness (QED) is 0.276. The van der Waals surface area contributed by atoms with Gasteiger partial charge in [-0.05, 0) is 0 Å². The summed E-state index contributed by atoms with van der Waals surface area (Å²) < 4.78 is 0. The number of hydrogen-bond donors (Lipinski definition) is 0. The van der Waals surface area contributed by atoms with Crippen LogP contribution in [0.1, 0.15) is 0 Å². The smallest absolute Gasteiger partial charge is 1.00 e. The fraction of sp³-hybridized carbons (Fsp3) is 0. The van der Waals surface area contributed by atoms with E-state index in [1.165, 1.54) is 0 Å². The molecule has 0 aromatic heterocycles. The molecule has 0 rings (SSSR count). The van der Waals surface area contributed by atoms with E-state index in [9.17, 15) is 0 Å². The minimum Gasteiger partial charge on any atom is -1.00 e. The fourth-order valence-electron chi connectivity index (χ4n) is 0. The number of rotatable bonds is 0. The molecule has 0 aliphatic carbocycles. The van der Waals surface area contributed by atoms with Crippen LogP contribution in [-0.4, -0.2) is 0 Å². The van der Waals surface area contributed by atoms with E-state index in [0.717, 1.165) is 0 Å². The third-order valence-electron chi connectivity index (χ3n) is 0. The first-order valence-corrected chi connectivity index (χ1v) is 0. The molecule has 29 valence electrons. The molecule has 0 atom stereocenters. The Balaban J connectivity index is 0. The van der Waals surface area contributed by atoms with E-state index in [1.54, 1.807) is 0 Å². The van der Waals surface area contributed by atoms with Gasteiger partial charge < -0.3 is 24.8 Å². The Kier molecular flexibility index (Phi) is 249. The Morgan fingerprint density at radius 3 is 0.750 bits per heavy atom. The summed E-state index contributed by atoms with van der Waals surface area (Å²) in [5.41, 5.74) is 0. The zero-order valence-electron chi connectivity index (χ0n) is 1.52. The van der Waals surface area contributed by atoms with Gasteiger partial charge in [-0.25, -0.2) is 0 Å². The van der Waals surface area contributed by atoms with Crippen molar-refractivity contribution in [1.29, 1.82) is 0 Å². The van der Waals surface area contributed by atoms with E-state index < -0.39 is 0 Å². The molecule has 0 heterocycles. The van der Waals surface area contributed by atoms with Gasteiger partial charge in [0.05, 0.1) is 0 Å². The van der Waals surface area contributed by atoms with Gasteiger partial charge in [0.1, 0.15) is 0 Å². The number of halogens is 2. The molecule has 0 fully saturated rings. The predicted octanol–water partition coefficient (Wildman–Crippen LogP) is -5.13. The van der Waals surface area contributed by atoms with Gasteiger partial charge >= 0.3 is 20.4 Å². The Labute approximate surface area is 55.2 Å². The second kappa shape index (κ2) is 22.5. The zero-order chi connectivity index (χ0) is 0. The van der Waals surface area contributed by atoms with Crippen molar-refractivity contribution in [2.75, 3.05) is 0 Å². The molecule has 0 unspecified atom stereocenters. The minimum atomic E-state index is 0. The summed E-state index contributed by atoms with van der Waals surface area (Å²) in [6.07, 6.45) is 0. The Hall–Kier alpha value is 1.67. The third kappa shape index (κ3) is 9.38. The SMILES string of the molecule is [Cl-].[Cl-].[P].[Pd+2]. The van der Waals surface area contributed by atoms with Gasteiger partial charge in [0.15, 0.2) is 0 Å². The van der Waals surface area contributed by atoms with Crippen LogP contribution in [0.5, 0.6) is 0 Å².